The van der Waals surface area contributed by atoms with Crippen LogP contribution in [0, 0.1) is 0 Å². The molecule has 4 heterocycles. The minimum atomic E-state index is -1.76. The number of carbonyl (C=O) groups excluding carboxylic acids is 7. The monoisotopic (exact) mass is 786 g/mol. The van der Waals surface area contributed by atoms with Crippen molar-refractivity contribution in [1.29, 1.82) is 0 Å². The summed E-state index contributed by atoms with van der Waals surface area (Å²) < 4.78 is 18.7. The second kappa shape index (κ2) is 13.5. The molecular formula is C38H30N2O11S3. The number of para-hydroxylation sites is 1. The number of imide groups is 1. The number of nitrogens with zero attached hydrogens (tertiary/aromatic N) is 2. The fourth-order valence-electron chi connectivity index (χ4n) is 7.14. The number of benzene rings is 3. The van der Waals surface area contributed by atoms with Crippen LogP contribution in [0.2, 0.25) is 0 Å². The Morgan fingerprint density at radius 2 is 1.15 bits per heavy atom. The van der Waals surface area contributed by atoms with Crippen molar-refractivity contribution >= 4 is 98.9 Å². The van der Waals surface area contributed by atoms with Crippen LogP contribution in [0.5, 0.6) is 0 Å². The molecule has 13 nitrogen and oxygen atoms in total. The zero-order valence-electron chi connectivity index (χ0n) is 29.6. The van der Waals surface area contributed by atoms with Gasteiger partial charge in [0.2, 0.25) is 5.91 Å². The van der Waals surface area contributed by atoms with E-state index in [2.05, 4.69) is 0 Å². The number of hydrogen-bond acceptors (Lipinski definition) is 14. The van der Waals surface area contributed by atoms with Crippen LogP contribution in [-0.4, -0.2) is 91.1 Å². The van der Waals surface area contributed by atoms with Crippen LogP contribution in [0.4, 0.5) is 5.69 Å². The number of esters is 4. The summed E-state index contributed by atoms with van der Waals surface area (Å²) in [6.45, 7) is 2.80. The highest BCUT2D eigenvalue weighted by molar-refractivity contribution is 8.26. The van der Waals surface area contributed by atoms with Crippen molar-refractivity contribution in [2.75, 3.05) is 39.9 Å². The summed E-state index contributed by atoms with van der Waals surface area (Å²) in [6, 6.07) is 17.0. The number of amides is 3. The van der Waals surface area contributed by atoms with Crippen molar-refractivity contribution in [1.82, 2.24) is 4.90 Å². The quantitative estimate of drug-likeness (QED) is 0.185. The summed E-state index contributed by atoms with van der Waals surface area (Å²) in [7, 11) is 4.54. The highest BCUT2D eigenvalue weighted by Crippen LogP contribution is 2.71. The van der Waals surface area contributed by atoms with Gasteiger partial charge in [-0.1, -0.05) is 77.8 Å². The van der Waals surface area contributed by atoms with Crippen LogP contribution in [0.3, 0.4) is 0 Å². The van der Waals surface area contributed by atoms with E-state index in [0.29, 0.717) is 27.1 Å². The van der Waals surface area contributed by atoms with Crippen molar-refractivity contribution in [2.24, 2.45) is 0 Å². The molecule has 0 saturated carbocycles. The lowest BCUT2D eigenvalue weighted by atomic mass is 9.83. The van der Waals surface area contributed by atoms with Crippen LogP contribution in [-0.2, 0) is 42.9 Å². The van der Waals surface area contributed by atoms with Crippen molar-refractivity contribution in [3.05, 3.63) is 103 Å². The lowest BCUT2D eigenvalue weighted by molar-refractivity contribution is -0.138. The maximum Gasteiger partial charge on any atom is 0.345 e. The van der Waals surface area contributed by atoms with Crippen molar-refractivity contribution < 1.29 is 52.5 Å². The van der Waals surface area contributed by atoms with Gasteiger partial charge in [-0.05, 0) is 37.4 Å². The first kappa shape index (κ1) is 37.0. The number of fused-ring (bicyclic) bond motifs is 3. The van der Waals surface area contributed by atoms with Crippen LogP contribution in [0.25, 0.3) is 16.3 Å². The smallest absolute Gasteiger partial charge is 0.345 e. The van der Waals surface area contributed by atoms with Gasteiger partial charge in [0.05, 0.1) is 45.2 Å². The van der Waals surface area contributed by atoms with Gasteiger partial charge in [0, 0.05) is 32.6 Å². The van der Waals surface area contributed by atoms with Gasteiger partial charge in [-0.15, -0.1) is 0 Å². The number of anilines is 1. The average molecular weight is 787 g/mol. The average Bonchev–Trinajstić information content (AvgIpc) is 3.57. The van der Waals surface area contributed by atoms with Gasteiger partial charge in [-0.3, -0.25) is 19.3 Å². The molecule has 276 valence electrons. The van der Waals surface area contributed by atoms with E-state index in [1.165, 1.54) is 4.90 Å². The van der Waals surface area contributed by atoms with E-state index in [0.717, 1.165) is 74.0 Å². The molecule has 4 aliphatic heterocycles. The van der Waals surface area contributed by atoms with E-state index < -0.39 is 57.8 Å². The molecule has 0 unspecified atom stereocenters. The predicted octanol–water partition coefficient (Wildman–Crippen LogP) is 5.05. The van der Waals surface area contributed by atoms with Crippen molar-refractivity contribution in [2.45, 2.75) is 23.5 Å². The van der Waals surface area contributed by atoms with E-state index in [1.54, 1.807) is 74.5 Å². The molecule has 7 rings (SSSR count). The SMILES string of the molecule is COC(=O)C1=C(C(=O)OC)SC2(S1)C(C(=O)OC)=C(C(=O)OC)SC1=C2c2ccccc2N(C(=O)CN2C(=O)c3cccc4cccc(c34)C2=O)C1(C)C. The Morgan fingerprint density at radius 3 is 1.69 bits per heavy atom. The largest absolute Gasteiger partial charge is 0.466 e. The fourth-order valence-corrected chi connectivity index (χ4v) is 12.2. The fraction of sp³-hybridized carbons (Fsp3) is 0.237. The molecular weight excluding hydrogens is 757 g/mol. The summed E-state index contributed by atoms with van der Waals surface area (Å²) in [6.07, 6.45) is 0. The van der Waals surface area contributed by atoms with Gasteiger partial charge >= 0.3 is 23.9 Å². The molecule has 0 bridgehead atoms. The van der Waals surface area contributed by atoms with E-state index >= 15 is 0 Å². The second-order valence-electron chi connectivity index (χ2n) is 12.7. The standard InChI is InChI=1S/C38H30N2O11S3/c1-37(2)30-25(38(26(33(44)48-3)27(52-30)34(45)49-4)53-28(35(46)50-5)29(54-38)36(47)51-6)19-13-7-8-16-22(19)40(37)23(41)17-39-31(42)20-14-9-11-18-12-10-15-21(24(18)20)32(39)43/h7-16H,17H2,1-6H3. The second-order valence-corrected chi connectivity index (χ2v) is 16.4. The highest BCUT2D eigenvalue weighted by Gasteiger charge is 2.62. The Hall–Kier alpha value is -5.32. The Morgan fingerprint density at radius 1 is 0.648 bits per heavy atom. The molecule has 0 radical (unpaired) electrons. The first-order valence-corrected chi connectivity index (χ1v) is 18.7. The molecule has 3 aromatic rings. The normalized spacial score (nSPS) is 18.1. The molecule has 54 heavy (non-hydrogen) atoms. The molecule has 0 aromatic heterocycles. The predicted molar refractivity (Wildman–Crippen MR) is 202 cm³/mol. The topological polar surface area (TPSA) is 163 Å². The number of carbonyl (C=O) groups is 7. The summed E-state index contributed by atoms with van der Waals surface area (Å²) in [4.78, 5) is 98.7. The third kappa shape index (κ3) is 5.29. The van der Waals surface area contributed by atoms with E-state index in [9.17, 15) is 33.6 Å². The maximum atomic E-state index is 14.8. The van der Waals surface area contributed by atoms with Crippen LogP contribution < -0.4 is 4.90 Å². The van der Waals surface area contributed by atoms with E-state index in [4.69, 9.17) is 18.9 Å². The Bertz CT molecular complexity index is 2300. The molecule has 4 aliphatic rings. The maximum absolute atomic E-state index is 14.8. The lowest BCUT2D eigenvalue weighted by Crippen LogP contribution is -2.57. The minimum Gasteiger partial charge on any atom is -0.466 e. The first-order chi connectivity index (χ1) is 25.8. The summed E-state index contributed by atoms with van der Waals surface area (Å²) in [5.74, 6) is -5.50. The van der Waals surface area contributed by atoms with Crippen molar-refractivity contribution in [3.63, 3.8) is 0 Å². The van der Waals surface area contributed by atoms with E-state index in [1.807, 2.05) is 0 Å². The Balaban J connectivity index is 1.41. The molecule has 1 spiro atoms. The van der Waals surface area contributed by atoms with Gasteiger partial charge in [0.25, 0.3) is 11.8 Å². The lowest BCUT2D eigenvalue weighted by Gasteiger charge is -2.51. The molecule has 16 heteroatoms. The van der Waals surface area contributed by atoms with Crippen LogP contribution in [0.15, 0.2) is 85.9 Å². The Labute approximate surface area is 321 Å². The van der Waals surface area contributed by atoms with Crippen LogP contribution in [0.1, 0.15) is 40.1 Å². The number of thioether (sulfide) groups is 3. The number of hydrogen-bond donors (Lipinski definition) is 0. The van der Waals surface area contributed by atoms with Crippen molar-refractivity contribution in [3.8, 4) is 0 Å². The highest BCUT2D eigenvalue weighted by atomic mass is 32.2. The van der Waals surface area contributed by atoms with Gasteiger partial charge < -0.3 is 23.8 Å². The van der Waals surface area contributed by atoms with Gasteiger partial charge in [-0.25, -0.2) is 19.2 Å². The van der Waals surface area contributed by atoms with Crippen LogP contribution >= 0.6 is 35.3 Å². The van der Waals surface area contributed by atoms with Gasteiger partial charge in [0.15, 0.2) is 0 Å². The summed E-state index contributed by atoms with van der Waals surface area (Å²) in [5.41, 5.74) is 0.141. The molecule has 0 N–H and O–H groups in total. The number of ether oxygens (including phenoxy) is 4. The molecule has 0 fully saturated rings. The molecule has 0 saturated heterocycles. The molecule has 3 aromatic carbocycles. The third-order valence-electron chi connectivity index (χ3n) is 9.44. The molecule has 0 atom stereocenters. The van der Waals surface area contributed by atoms with Gasteiger partial charge in [0.1, 0.15) is 25.3 Å². The number of rotatable bonds is 6. The summed E-state index contributed by atoms with van der Waals surface area (Å²) >= 11 is 2.50. The molecule has 3 amide bonds. The summed E-state index contributed by atoms with van der Waals surface area (Å²) in [5, 5.41) is 1.23. The third-order valence-corrected chi connectivity index (χ3v) is 14.1. The Kier molecular flexibility index (Phi) is 9.26. The zero-order chi connectivity index (χ0) is 38.9. The first-order valence-electron chi connectivity index (χ1n) is 16.2. The minimum absolute atomic E-state index is 0.176. The molecule has 0 aliphatic carbocycles. The van der Waals surface area contributed by atoms with E-state index in [-0.39, 0.29) is 31.4 Å². The zero-order valence-corrected chi connectivity index (χ0v) is 32.0. The van der Waals surface area contributed by atoms with Gasteiger partial charge in [-0.2, -0.15) is 0 Å². The number of methoxy groups -OCH3 is 4.